The van der Waals surface area contributed by atoms with E-state index >= 15 is 0 Å². The number of para-hydroxylation sites is 2. The summed E-state index contributed by atoms with van der Waals surface area (Å²) in [5.74, 6) is 2.20. The highest BCUT2D eigenvalue weighted by Gasteiger charge is 2.20. The lowest BCUT2D eigenvalue weighted by Gasteiger charge is -2.27. The van der Waals surface area contributed by atoms with Gasteiger partial charge in [-0.3, -0.25) is 9.79 Å². The molecule has 3 rings (SSSR count). The number of halogens is 1. The van der Waals surface area contributed by atoms with Crippen molar-refractivity contribution >= 4 is 41.5 Å². The second-order valence-corrected chi connectivity index (χ2v) is 6.51. The van der Waals surface area contributed by atoms with Crippen molar-refractivity contribution in [2.75, 3.05) is 32.1 Å². The highest BCUT2D eigenvalue weighted by molar-refractivity contribution is 14.0. The summed E-state index contributed by atoms with van der Waals surface area (Å²) in [6.07, 6.45) is 0.770. The average molecular weight is 510 g/mol. The number of amides is 1. The van der Waals surface area contributed by atoms with E-state index in [0.717, 1.165) is 36.1 Å². The van der Waals surface area contributed by atoms with Crippen LogP contribution in [-0.4, -0.2) is 44.7 Å². The minimum atomic E-state index is -0.0743. The van der Waals surface area contributed by atoms with Gasteiger partial charge in [-0.15, -0.1) is 24.0 Å². The molecule has 8 heteroatoms. The van der Waals surface area contributed by atoms with E-state index in [-0.39, 0.29) is 36.0 Å². The zero-order valence-electron chi connectivity index (χ0n) is 16.6. The van der Waals surface area contributed by atoms with Crippen molar-refractivity contribution in [2.24, 2.45) is 4.99 Å². The number of nitrogens with zero attached hydrogens (tertiary/aromatic N) is 1. The van der Waals surface area contributed by atoms with Crippen molar-refractivity contribution in [1.82, 2.24) is 10.6 Å². The molecule has 1 aliphatic rings. The molecule has 1 amide bonds. The third kappa shape index (κ3) is 7.12. The number of benzene rings is 2. The molecule has 1 aliphatic heterocycles. The predicted octanol–water partition coefficient (Wildman–Crippen LogP) is 2.81. The van der Waals surface area contributed by atoms with Crippen LogP contribution < -0.4 is 25.4 Å². The SMILES string of the molecule is CN=C(NCCc1ccc(NC(C)=O)cc1)NCC1COc2ccccc2O1.I. The zero-order valence-corrected chi connectivity index (χ0v) is 18.9. The Balaban J connectivity index is 0.00000300. The van der Waals surface area contributed by atoms with Crippen LogP contribution in [0.1, 0.15) is 12.5 Å². The Morgan fingerprint density at radius 3 is 2.52 bits per heavy atom. The number of hydrogen-bond donors (Lipinski definition) is 3. The molecule has 0 saturated carbocycles. The molecule has 1 atom stereocenters. The molecule has 29 heavy (non-hydrogen) atoms. The third-order valence-electron chi connectivity index (χ3n) is 4.27. The van der Waals surface area contributed by atoms with Crippen molar-refractivity contribution < 1.29 is 14.3 Å². The zero-order chi connectivity index (χ0) is 19.8. The van der Waals surface area contributed by atoms with Crippen molar-refractivity contribution in [1.29, 1.82) is 0 Å². The monoisotopic (exact) mass is 510 g/mol. The molecule has 2 aromatic rings. The Bertz CT molecular complexity index is 827. The lowest BCUT2D eigenvalue weighted by Crippen LogP contribution is -2.45. The number of carbonyl (C=O) groups is 1. The van der Waals surface area contributed by atoms with Gasteiger partial charge < -0.3 is 25.4 Å². The fraction of sp³-hybridized carbons (Fsp3) is 0.333. The van der Waals surface area contributed by atoms with Gasteiger partial charge in [-0.05, 0) is 36.2 Å². The molecule has 3 N–H and O–H groups in total. The first-order valence-electron chi connectivity index (χ1n) is 9.33. The van der Waals surface area contributed by atoms with Crippen LogP contribution >= 0.6 is 24.0 Å². The van der Waals surface area contributed by atoms with E-state index in [4.69, 9.17) is 9.47 Å². The topological polar surface area (TPSA) is 84.0 Å². The summed E-state index contributed by atoms with van der Waals surface area (Å²) in [7, 11) is 1.74. The first-order valence-corrected chi connectivity index (χ1v) is 9.33. The molecule has 0 fully saturated rings. The van der Waals surface area contributed by atoms with Crippen LogP contribution in [0, 0.1) is 0 Å². The van der Waals surface area contributed by atoms with Crippen LogP contribution in [0.5, 0.6) is 11.5 Å². The second-order valence-electron chi connectivity index (χ2n) is 6.51. The minimum absolute atomic E-state index is 0. The Kier molecular flexibility index (Phi) is 9.04. The summed E-state index contributed by atoms with van der Waals surface area (Å²) in [5, 5.41) is 9.33. The normalized spacial score (nSPS) is 15.1. The predicted molar refractivity (Wildman–Crippen MR) is 126 cm³/mol. The molecular weight excluding hydrogens is 483 g/mol. The summed E-state index contributed by atoms with van der Waals surface area (Å²) < 4.78 is 11.7. The van der Waals surface area contributed by atoms with Gasteiger partial charge >= 0.3 is 0 Å². The Morgan fingerprint density at radius 1 is 1.10 bits per heavy atom. The summed E-state index contributed by atoms with van der Waals surface area (Å²) in [4.78, 5) is 15.3. The van der Waals surface area contributed by atoms with Gasteiger partial charge in [0.1, 0.15) is 12.7 Å². The number of anilines is 1. The smallest absolute Gasteiger partial charge is 0.221 e. The molecule has 7 nitrogen and oxygen atoms in total. The largest absolute Gasteiger partial charge is 0.486 e. The van der Waals surface area contributed by atoms with E-state index in [1.165, 1.54) is 12.5 Å². The highest BCUT2D eigenvalue weighted by atomic mass is 127. The molecule has 0 spiro atoms. The molecule has 0 saturated heterocycles. The maximum absolute atomic E-state index is 11.1. The molecular formula is C21H27IN4O3. The summed E-state index contributed by atoms with van der Waals surface area (Å²) in [6.45, 7) is 3.34. The molecule has 0 aliphatic carbocycles. The van der Waals surface area contributed by atoms with E-state index in [9.17, 15) is 4.79 Å². The maximum Gasteiger partial charge on any atom is 0.221 e. The van der Waals surface area contributed by atoms with Crippen LogP contribution in [0.25, 0.3) is 0 Å². The quantitative estimate of drug-likeness (QED) is 0.316. The molecule has 0 radical (unpaired) electrons. The summed E-state index contributed by atoms with van der Waals surface area (Å²) in [5.41, 5.74) is 1.98. The Labute approximate surface area is 188 Å². The first kappa shape index (κ1) is 22.8. The Hall–Kier alpha value is -2.49. The van der Waals surface area contributed by atoms with Gasteiger partial charge in [0, 0.05) is 26.2 Å². The minimum Gasteiger partial charge on any atom is -0.486 e. The van der Waals surface area contributed by atoms with Crippen molar-refractivity contribution in [3.05, 3.63) is 54.1 Å². The number of hydrogen-bond acceptors (Lipinski definition) is 4. The lowest BCUT2D eigenvalue weighted by atomic mass is 10.1. The fourth-order valence-electron chi connectivity index (χ4n) is 2.88. The van der Waals surface area contributed by atoms with Crippen LogP contribution in [0.2, 0.25) is 0 Å². The molecule has 0 aromatic heterocycles. The third-order valence-corrected chi connectivity index (χ3v) is 4.27. The first-order chi connectivity index (χ1) is 13.6. The van der Waals surface area contributed by atoms with E-state index in [1.54, 1.807) is 7.05 Å². The number of ether oxygens (including phenoxy) is 2. The highest BCUT2D eigenvalue weighted by Crippen LogP contribution is 2.30. The van der Waals surface area contributed by atoms with E-state index < -0.39 is 0 Å². The van der Waals surface area contributed by atoms with Gasteiger partial charge in [-0.2, -0.15) is 0 Å². The van der Waals surface area contributed by atoms with Crippen LogP contribution in [-0.2, 0) is 11.2 Å². The number of nitrogens with one attached hydrogen (secondary N) is 3. The van der Waals surface area contributed by atoms with E-state index in [0.29, 0.717) is 13.2 Å². The van der Waals surface area contributed by atoms with Gasteiger partial charge in [0.05, 0.1) is 6.54 Å². The molecule has 2 aromatic carbocycles. The van der Waals surface area contributed by atoms with Gasteiger partial charge in [-0.25, -0.2) is 0 Å². The fourth-order valence-corrected chi connectivity index (χ4v) is 2.88. The van der Waals surface area contributed by atoms with E-state index in [2.05, 4.69) is 20.9 Å². The molecule has 1 heterocycles. The van der Waals surface area contributed by atoms with Crippen LogP contribution in [0.4, 0.5) is 5.69 Å². The standard InChI is InChI=1S/C21H26N4O3.HI/c1-15(26)25-17-9-7-16(8-10-17)11-12-23-21(22-2)24-13-18-14-27-19-5-3-4-6-20(19)28-18;/h3-10,18H,11-14H2,1-2H3,(H,25,26)(H2,22,23,24);1H. The van der Waals surface area contributed by atoms with Gasteiger partial charge in [0.2, 0.25) is 5.91 Å². The molecule has 156 valence electrons. The van der Waals surface area contributed by atoms with Crippen LogP contribution in [0.15, 0.2) is 53.5 Å². The number of carbonyl (C=O) groups excluding carboxylic acids is 1. The van der Waals surface area contributed by atoms with Crippen molar-refractivity contribution in [3.63, 3.8) is 0 Å². The van der Waals surface area contributed by atoms with Crippen LogP contribution in [0.3, 0.4) is 0 Å². The second kappa shape index (κ2) is 11.5. The average Bonchev–Trinajstić information content (AvgIpc) is 2.71. The lowest BCUT2D eigenvalue weighted by molar-refractivity contribution is -0.114. The summed E-state index contributed by atoms with van der Waals surface area (Å²) in [6, 6.07) is 15.5. The Morgan fingerprint density at radius 2 is 1.83 bits per heavy atom. The van der Waals surface area contributed by atoms with Gasteiger partial charge in [0.25, 0.3) is 0 Å². The van der Waals surface area contributed by atoms with Gasteiger partial charge in [0.15, 0.2) is 17.5 Å². The number of rotatable bonds is 6. The van der Waals surface area contributed by atoms with E-state index in [1.807, 2.05) is 48.5 Å². The summed E-state index contributed by atoms with van der Waals surface area (Å²) >= 11 is 0. The number of guanidine groups is 1. The van der Waals surface area contributed by atoms with Gasteiger partial charge in [-0.1, -0.05) is 24.3 Å². The maximum atomic E-state index is 11.1. The number of aliphatic imine (C=N–C) groups is 1. The number of fused-ring (bicyclic) bond motifs is 1. The molecule has 0 bridgehead atoms. The molecule has 1 unspecified atom stereocenters. The van der Waals surface area contributed by atoms with Crippen molar-refractivity contribution in [2.45, 2.75) is 19.4 Å². The van der Waals surface area contributed by atoms with Crippen molar-refractivity contribution in [3.8, 4) is 11.5 Å².